The second-order valence-corrected chi connectivity index (χ2v) is 3.08. The predicted molar refractivity (Wildman–Crippen MR) is 36.3 cm³/mol. The molecule has 5 N–H and O–H groups in total. The Morgan fingerprint density at radius 1 is 1.33 bits per heavy atom. The maximum Gasteiger partial charge on any atom is 0.356 e. The fourth-order valence-corrected chi connectivity index (χ4v) is 0. The first-order chi connectivity index (χ1) is 3.94. The van der Waals surface area contributed by atoms with Crippen LogP contribution in [0.5, 0.6) is 0 Å². The summed E-state index contributed by atoms with van der Waals surface area (Å²) in [6.07, 6.45) is 0. The van der Waals surface area contributed by atoms with Crippen molar-refractivity contribution in [3.8, 4) is 0 Å². The predicted octanol–water partition coefficient (Wildman–Crippen LogP) is 0.260. The van der Waals surface area contributed by atoms with Crippen LogP contribution in [0.3, 0.4) is 0 Å². The van der Waals surface area contributed by atoms with Crippen LogP contribution in [0.2, 0.25) is 0 Å². The summed E-state index contributed by atoms with van der Waals surface area (Å²) in [5.41, 5.74) is 0. The smallest absolute Gasteiger partial charge is 0.356 e. The molecule has 0 aliphatic carbocycles. The van der Waals surface area contributed by atoms with Crippen LogP contribution in [0, 0.1) is 0 Å². The summed E-state index contributed by atoms with van der Waals surface area (Å²) < 4.78 is -2.17. The number of halogens is 3. The summed E-state index contributed by atoms with van der Waals surface area (Å²) in [6, 6.07) is 0. The molecule has 0 heterocycles. The van der Waals surface area contributed by atoms with Gasteiger partial charge in [-0.25, -0.2) is 4.79 Å². The van der Waals surface area contributed by atoms with E-state index in [1.165, 1.54) is 0 Å². The van der Waals surface area contributed by atoms with Crippen LogP contribution in [-0.2, 0) is 4.79 Å². The number of alkyl halides is 3. The number of carboxylic acids is 1. The minimum absolute atomic E-state index is 1.46. The van der Waals surface area contributed by atoms with Gasteiger partial charge in [0.15, 0.2) is 0 Å². The molecule has 9 heavy (non-hydrogen) atoms. The van der Waals surface area contributed by atoms with Crippen LogP contribution >= 0.6 is 34.8 Å². The van der Waals surface area contributed by atoms with E-state index < -0.39 is 9.76 Å². The molecule has 0 aromatic rings. The maximum absolute atomic E-state index is 9.62. The van der Waals surface area contributed by atoms with E-state index in [1.807, 2.05) is 0 Å². The highest BCUT2D eigenvalue weighted by molar-refractivity contribution is 6.75. The molecule has 56 valence electrons. The van der Waals surface area contributed by atoms with Crippen molar-refractivity contribution in [3.05, 3.63) is 0 Å². The average molecular weight is 195 g/mol. The lowest BCUT2D eigenvalue weighted by atomic mass is 10.8. The molecule has 4 nitrogen and oxygen atoms in total. The van der Waals surface area contributed by atoms with Crippen molar-refractivity contribution < 1.29 is 9.90 Å². The number of hydrazine groups is 1. The third kappa shape index (κ3) is 8.26. The lowest BCUT2D eigenvalue weighted by Crippen LogP contribution is -2.16. The molecule has 0 radical (unpaired) electrons. The third-order valence-electron chi connectivity index (χ3n) is 0.243. The minimum Gasteiger partial charge on any atom is -0.478 e. The minimum atomic E-state index is -2.17. The van der Waals surface area contributed by atoms with Crippen molar-refractivity contribution >= 4 is 40.8 Å². The Bertz CT molecular complexity index is 90.3. The van der Waals surface area contributed by atoms with Gasteiger partial charge in [-0.1, -0.05) is 34.8 Å². The molecule has 0 amide bonds. The van der Waals surface area contributed by atoms with E-state index >= 15 is 0 Å². The Morgan fingerprint density at radius 2 is 1.44 bits per heavy atom. The molecule has 0 bridgehead atoms. The van der Waals surface area contributed by atoms with Gasteiger partial charge in [-0.05, 0) is 0 Å². The lowest BCUT2D eigenvalue weighted by molar-refractivity contribution is -0.135. The highest BCUT2D eigenvalue weighted by atomic mass is 35.6. The van der Waals surface area contributed by atoms with Crippen LogP contribution in [0.25, 0.3) is 0 Å². The van der Waals surface area contributed by atoms with E-state index in [0.717, 1.165) is 0 Å². The van der Waals surface area contributed by atoms with Gasteiger partial charge in [-0.15, -0.1) is 0 Å². The molecule has 0 unspecified atom stereocenters. The van der Waals surface area contributed by atoms with E-state index in [0.29, 0.717) is 0 Å². The van der Waals surface area contributed by atoms with Gasteiger partial charge in [-0.3, -0.25) is 11.7 Å². The third-order valence-corrected chi connectivity index (χ3v) is 0.728. The quantitative estimate of drug-likeness (QED) is 0.294. The number of carbonyl (C=O) groups is 1. The average Bonchev–Trinajstić information content (AvgIpc) is 1.69. The standard InChI is InChI=1S/C2HCl3O2.H4N2/c3-2(4,5)1(6)7;1-2/h(H,6,7);1-2H2. The highest BCUT2D eigenvalue weighted by Gasteiger charge is 2.29. The summed E-state index contributed by atoms with van der Waals surface area (Å²) in [5, 5.41) is 7.85. The molecule has 0 aromatic heterocycles. The summed E-state index contributed by atoms with van der Waals surface area (Å²) in [7, 11) is 0. The van der Waals surface area contributed by atoms with Gasteiger partial charge in [0.25, 0.3) is 3.79 Å². The van der Waals surface area contributed by atoms with Crippen LogP contribution in [-0.4, -0.2) is 14.9 Å². The summed E-state index contributed by atoms with van der Waals surface area (Å²) in [6.45, 7) is 0. The molecule has 0 aromatic carbocycles. The second kappa shape index (κ2) is 5.08. The van der Waals surface area contributed by atoms with Crippen LogP contribution in [0.1, 0.15) is 0 Å². The van der Waals surface area contributed by atoms with Crippen LogP contribution < -0.4 is 11.7 Å². The second-order valence-electron chi connectivity index (χ2n) is 0.803. The van der Waals surface area contributed by atoms with E-state index in [-0.39, 0.29) is 0 Å². The Morgan fingerprint density at radius 3 is 1.44 bits per heavy atom. The van der Waals surface area contributed by atoms with Gasteiger partial charge in [0.05, 0.1) is 0 Å². The Balaban J connectivity index is 0. The van der Waals surface area contributed by atoms with Gasteiger partial charge in [0.1, 0.15) is 0 Å². The van der Waals surface area contributed by atoms with Crippen molar-refractivity contribution in [2.24, 2.45) is 11.7 Å². The molecule has 0 saturated carbocycles. The Kier molecular flexibility index (Phi) is 6.76. The van der Waals surface area contributed by atoms with Crippen LogP contribution in [0.4, 0.5) is 0 Å². The molecule has 0 fully saturated rings. The van der Waals surface area contributed by atoms with Crippen LogP contribution in [0.15, 0.2) is 0 Å². The van der Waals surface area contributed by atoms with E-state index in [4.69, 9.17) is 39.9 Å². The SMILES string of the molecule is NN.O=C(O)C(Cl)(Cl)Cl. The summed E-state index contributed by atoms with van der Waals surface area (Å²) in [5.74, 6) is 6.54. The monoisotopic (exact) mass is 194 g/mol. The van der Waals surface area contributed by atoms with E-state index in [1.54, 1.807) is 0 Å². The molecule has 0 spiro atoms. The van der Waals surface area contributed by atoms with Gasteiger partial charge < -0.3 is 5.11 Å². The molecule has 0 aliphatic rings. The maximum atomic E-state index is 9.62. The Labute approximate surface area is 66.6 Å². The van der Waals surface area contributed by atoms with Crippen molar-refractivity contribution in [1.29, 1.82) is 0 Å². The Hall–Kier alpha value is 0.260. The number of nitrogens with two attached hydrogens (primary N) is 2. The molecular formula is C2H5Cl3N2O2. The van der Waals surface area contributed by atoms with Gasteiger partial charge in [0, 0.05) is 0 Å². The van der Waals surface area contributed by atoms with E-state index in [2.05, 4.69) is 11.7 Å². The highest BCUT2D eigenvalue weighted by Crippen LogP contribution is 2.25. The molecule has 0 rings (SSSR count). The van der Waals surface area contributed by atoms with Gasteiger partial charge >= 0.3 is 5.97 Å². The lowest BCUT2D eigenvalue weighted by Gasteiger charge is -1.99. The van der Waals surface area contributed by atoms with Gasteiger partial charge in [0.2, 0.25) is 0 Å². The van der Waals surface area contributed by atoms with E-state index in [9.17, 15) is 4.79 Å². The molecule has 0 saturated heterocycles. The van der Waals surface area contributed by atoms with Crippen molar-refractivity contribution in [2.45, 2.75) is 3.79 Å². The normalized spacial score (nSPS) is 9.44. The first-order valence-corrected chi connectivity index (χ1v) is 2.71. The zero-order valence-corrected chi connectivity index (χ0v) is 6.41. The molecular weight excluding hydrogens is 190 g/mol. The van der Waals surface area contributed by atoms with Gasteiger partial charge in [-0.2, -0.15) is 0 Å². The fraction of sp³-hybridized carbons (Fsp3) is 0.500. The zero-order chi connectivity index (χ0) is 8.08. The number of rotatable bonds is 0. The summed E-state index contributed by atoms with van der Waals surface area (Å²) >= 11 is 14.4. The van der Waals surface area contributed by atoms with Crippen molar-refractivity contribution in [3.63, 3.8) is 0 Å². The summed E-state index contributed by atoms with van der Waals surface area (Å²) in [4.78, 5) is 9.62. The topological polar surface area (TPSA) is 89.3 Å². The zero-order valence-electron chi connectivity index (χ0n) is 4.14. The largest absolute Gasteiger partial charge is 0.478 e. The molecule has 0 aliphatic heterocycles. The first kappa shape index (κ1) is 12.0. The fourth-order valence-electron chi connectivity index (χ4n) is 0. The van der Waals surface area contributed by atoms with Crippen molar-refractivity contribution in [1.82, 2.24) is 0 Å². The number of hydrogen-bond donors (Lipinski definition) is 3. The number of carboxylic acid groups (broad SMARTS) is 1. The van der Waals surface area contributed by atoms with Crippen molar-refractivity contribution in [2.75, 3.05) is 0 Å². The molecule has 7 heteroatoms. The number of hydrogen-bond acceptors (Lipinski definition) is 3. The number of aliphatic carboxylic acids is 1. The molecule has 0 atom stereocenters. The first-order valence-electron chi connectivity index (χ1n) is 1.58.